The summed E-state index contributed by atoms with van der Waals surface area (Å²) >= 11 is 5.05. The first-order valence-corrected chi connectivity index (χ1v) is 6.44. The molecule has 0 aliphatic heterocycles. The van der Waals surface area contributed by atoms with E-state index in [4.69, 9.17) is 17.5 Å². The van der Waals surface area contributed by atoms with Crippen molar-refractivity contribution in [3.63, 3.8) is 0 Å². The zero-order valence-corrected chi connectivity index (χ0v) is 11.7. The van der Waals surface area contributed by atoms with E-state index in [1.807, 2.05) is 6.07 Å². The molecule has 21 heavy (non-hydrogen) atoms. The fraction of sp³-hybridized carbons (Fsp3) is 0. The van der Waals surface area contributed by atoms with Crippen molar-refractivity contribution < 1.29 is 4.39 Å². The van der Waals surface area contributed by atoms with Gasteiger partial charge in [-0.25, -0.2) is 4.39 Å². The van der Waals surface area contributed by atoms with Crippen LogP contribution in [0.5, 0.6) is 0 Å². The molecule has 2 rings (SSSR count). The van der Waals surface area contributed by atoms with Crippen molar-refractivity contribution >= 4 is 29.2 Å². The predicted molar refractivity (Wildman–Crippen MR) is 84.5 cm³/mol. The number of hydrogen-bond donors (Lipinski definition) is 2. The van der Waals surface area contributed by atoms with Gasteiger partial charge in [0.15, 0.2) is 5.11 Å². The van der Waals surface area contributed by atoms with Crippen LogP contribution in [0.15, 0.2) is 53.6 Å². The highest BCUT2D eigenvalue weighted by atomic mass is 32.1. The second-order valence-electron chi connectivity index (χ2n) is 4.06. The monoisotopic (exact) mass is 298 g/mol. The summed E-state index contributed by atoms with van der Waals surface area (Å²) in [5.74, 6) is -0.307. The van der Waals surface area contributed by atoms with Crippen molar-refractivity contribution in [1.82, 2.24) is 5.43 Å². The third kappa shape index (κ3) is 4.67. The Morgan fingerprint density at radius 3 is 2.43 bits per heavy atom. The SMILES string of the molecule is N#Cc1ccc(/C=N\NC(=S)Nc2ccc(F)cc2)cc1. The highest BCUT2D eigenvalue weighted by Gasteiger charge is 1.96. The molecule has 0 saturated heterocycles. The van der Waals surface area contributed by atoms with E-state index in [-0.39, 0.29) is 5.82 Å². The van der Waals surface area contributed by atoms with Crippen LogP contribution in [0.1, 0.15) is 11.1 Å². The Kier molecular flexibility index (Phi) is 4.96. The molecule has 0 spiro atoms. The van der Waals surface area contributed by atoms with Crippen molar-refractivity contribution in [1.29, 1.82) is 5.26 Å². The standard InChI is InChI=1S/C15H11FN4S/c16-13-5-7-14(8-6-13)19-15(21)20-18-10-12-3-1-11(9-17)2-4-12/h1-8,10H,(H2,19,20,21)/b18-10-. The zero-order valence-electron chi connectivity index (χ0n) is 10.9. The Balaban J connectivity index is 1.86. The van der Waals surface area contributed by atoms with Crippen LogP contribution in [0.2, 0.25) is 0 Å². The molecular formula is C15H11FN4S. The number of benzene rings is 2. The van der Waals surface area contributed by atoms with Crippen molar-refractivity contribution in [3.8, 4) is 6.07 Å². The van der Waals surface area contributed by atoms with Gasteiger partial charge in [0.2, 0.25) is 0 Å². The number of nitrogens with zero attached hydrogens (tertiary/aromatic N) is 2. The molecular weight excluding hydrogens is 287 g/mol. The lowest BCUT2D eigenvalue weighted by Crippen LogP contribution is -2.23. The molecule has 2 N–H and O–H groups in total. The minimum Gasteiger partial charge on any atom is -0.331 e. The normalized spacial score (nSPS) is 10.1. The number of halogens is 1. The number of rotatable bonds is 3. The molecule has 0 atom stereocenters. The number of nitriles is 1. The number of nitrogens with one attached hydrogen (secondary N) is 2. The van der Waals surface area contributed by atoms with Crippen LogP contribution in [0.4, 0.5) is 10.1 Å². The molecule has 0 fully saturated rings. The molecule has 0 aliphatic carbocycles. The Morgan fingerprint density at radius 2 is 1.81 bits per heavy atom. The van der Waals surface area contributed by atoms with Gasteiger partial charge < -0.3 is 5.32 Å². The lowest BCUT2D eigenvalue weighted by molar-refractivity contribution is 0.628. The van der Waals surface area contributed by atoms with Crippen LogP contribution in [0, 0.1) is 17.1 Å². The number of anilines is 1. The van der Waals surface area contributed by atoms with Gasteiger partial charge in [0.1, 0.15) is 5.82 Å². The predicted octanol–water partition coefficient (Wildman–Crippen LogP) is 3.02. The molecule has 104 valence electrons. The molecule has 0 heterocycles. The smallest absolute Gasteiger partial charge is 0.191 e. The van der Waals surface area contributed by atoms with Gasteiger partial charge in [-0.3, -0.25) is 5.43 Å². The van der Waals surface area contributed by atoms with Crippen molar-refractivity contribution in [2.75, 3.05) is 5.32 Å². The summed E-state index contributed by atoms with van der Waals surface area (Å²) in [5, 5.41) is 15.8. The molecule has 0 unspecified atom stereocenters. The van der Waals surface area contributed by atoms with E-state index in [9.17, 15) is 4.39 Å². The summed E-state index contributed by atoms with van der Waals surface area (Å²) < 4.78 is 12.7. The lowest BCUT2D eigenvalue weighted by Gasteiger charge is -2.06. The molecule has 2 aromatic carbocycles. The van der Waals surface area contributed by atoms with Crippen molar-refractivity contribution in [3.05, 3.63) is 65.5 Å². The molecule has 0 saturated carbocycles. The van der Waals surface area contributed by atoms with Crippen LogP contribution in [-0.4, -0.2) is 11.3 Å². The van der Waals surface area contributed by atoms with Gasteiger partial charge in [-0.15, -0.1) is 0 Å². The Bertz CT molecular complexity index is 687. The van der Waals surface area contributed by atoms with Crippen LogP contribution in [-0.2, 0) is 0 Å². The molecule has 2 aromatic rings. The van der Waals surface area contributed by atoms with Gasteiger partial charge in [-0.05, 0) is 54.2 Å². The first kappa shape index (κ1) is 14.6. The average molecular weight is 298 g/mol. The average Bonchev–Trinajstić information content (AvgIpc) is 2.50. The van der Waals surface area contributed by atoms with E-state index in [0.29, 0.717) is 16.4 Å². The first-order valence-electron chi connectivity index (χ1n) is 6.03. The minimum atomic E-state index is -0.307. The molecule has 6 heteroatoms. The fourth-order valence-corrected chi connectivity index (χ4v) is 1.67. The number of hydrazone groups is 1. The van der Waals surface area contributed by atoms with Crippen LogP contribution < -0.4 is 10.7 Å². The quantitative estimate of drug-likeness (QED) is 0.519. The molecule has 0 radical (unpaired) electrons. The van der Waals surface area contributed by atoms with E-state index in [1.54, 1.807) is 42.6 Å². The number of hydrogen-bond acceptors (Lipinski definition) is 3. The van der Waals surface area contributed by atoms with Gasteiger partial charge in [-0.1, -0.05) is 12.1 Å². The molecule has 0 aliphatic rings. The summed E-state index contributed by atoms with van der Waals surface area (Å²) in [4.78, 5) is 0. The lowest BCUT2D eigenvalue weighted by atomic mass is 10.2. The van der Waals surface area contributed by atoms with Gasteiger partial charge in [0.05, 0.1) is 17.8 Å². The summed E-state index contributed by atoms with van der Waals surface area (Å²) in [6.07, 6.45) is 1.58. The number of thiocarbonyl (C=S) groups is 1. The van der Waals surface area contributed by atoms with E-state index in [0.717, 1.165) is 5.56 Å². The van der Waals surface area contributed by atoms with Gasteiger partial charge in [0.25, 0.3) is 0 Å². The minimum absolute atomic E-state index is 0.298. The third-order valence-corrected chi connectivity index (χ3v) is 2.71. The second-order valence-corrected chi connectivity index (χ2v) is 4.47. The second kappa shape index (κ2) is 7.12. The largest absolute Gasteiger partial charge is 0.331 e. The van der Waals surface area contributed by atoms with Crippen LogP contribution in [0.25, 0.3) is 0 Å². The van der Waals surface area contributed by atoms with Gasteiger partial charge in [0, 0.05) is 5.69 Å². The van der Waals surface area contributed by atoms with E-state index in [2.05, 4.69) is 15.8 Å². The molecule has 0 amide bonds. The summed E-state index contributed by atoms with van der Waals surface area (Å²) in [6.45, 7) is 0. The first-order chi connectivity index (χ1) is 10.2. The zero-order chi connectivity index (χ0) is 15.1. The Hall–Kier alpha value is -2.78. The van der Waals surface area contributed by atoms with E-state index in [1.165, 1.54) is 12.1 Å². The van der Waals surface area contributed by atoms with Crippen molar-refractivity contribution in [2.24, 2.45) is 5.10 Å². The highest BCUT2D eigenvalue weighted by Crippen LogP contribution is 2.07. The van der Waals surface area contributed by atoms with E-state index >= 15 is 0 Å². The van der Waals surface area contributed by atoms with Crippen LogP contribution in [0.3, 0.4) is 0 Å². The van der Waals surface area contributed by atoms with Gasteiger partial charge >= 0.3 is 0 Å². The maximum Gasteiger partial charge on any atom is 0.191 e. The third-order valence-electron chi connectivity index (χ3n) is 2.52. The fourth-order valence-electron chi connectivity index (χ4n) is 1.50. The molecule has 4 nitrogen and oxygen atoms in total. The summed E-state index contributed by atoms with van der Waals surface area (Å²) in [7, 11) is 0. The highest BCUT2D eigenvalue weighted by molar-refractivity contribution is 7.80. The van der Waals surface area contributed by atoms with Crippen LogP contribution >= 0.6 is 12.2 Å². The van der Waals surface area contributed by atoms with E-state index < -0.39 is 0 Å². The van der Waals surface area contributed by atoms with Crippen molar-refractivity contribution in [2.45, 2.75) is 0 Å². The Morgan fingerprint density at radius 1 is 1.14 bits per heavy atom. The maximum absolute atomic E-state index is 12.7. The van der Waals surface area contributed by atoms with Gasteiger partial charge in [-0.2, -0.15) is 10.4 Å². The topological polar surface area (TPSA) is 60.2 Å². The molecule has 0 aromatic heterocycles. The molecule has 0 bridgehead atoms. The maximum atomic E-state index is 12.7. The summed E-state index contributed by atoms with van der Waals surface area (Å²) in [5.41, 5.74) is 4.75. The summed E-state index contributed by atoms with van der Waals surface area (Å²) in [6, 6.07) is 14.8. The Labute approximate surface area is 126 Å².